The lowest BCUT2D eigenvalue weighted by molar-refractivity contribution is -0.144. The third-order valence-electron chi connectivity index (χ3n) is 6.75. The molecule has 30 heavy (non-hydrogen) atoms. The summed E-state index contributed by atoms with van der Waals surface area (Å²) in [5, 5.41) is 2.95. The quantitative estimate of drug-likeness (QED) is 0.708. The molecule has 1 saturated carbocycles. The molecule has 7 heteroatoms. The van der Waals surface area contributed by atoms with Gasteiger partial charge in [0.05, 0.1) is 18.8 Å². The van der Waals surface area contributed by atoms with Crippen molar-refractivity contribution >= 4 is 11.8 Å². The van der Waals surface area contributed by atoms with Gasteiger partial charge in [-0.15, -0.1) is 0 Å². The molecule has 3 aliphatic heterocycles. The third kappa shape index (κ3) is 4.62. The molecule has 1 aliphatic carbocycles. The van der Waals surface area contributed by atoms with Crippen molar-refractivity contribution in [3.05, 3.63) is 29.8 Å². The van der Waals surface area contributed by atoms with Crippen molar-refractivity contribution in [1.82, 2.24) is 15.1 Å². The van der Waals surface area contributed by atoms with Crippen LogP contribution in [0.25, 0.3) is 0 Å². The van der Waals surface area contributed by atoms with E-state index in [-0.39, 0.29) is 18.2 Å². The summed E-state index contributed by atoms with van der Waals surface area (Å²) >= 11 is 0. The number of hydrogen-bond acceptors (Lipinski definition) is 5. The van der Waals surface area contributed by atoms with Crippen LogP contribution in [0.15, 0.2) is 24.3 Å². The molecule has 164 valence electrons. The molecule has 0 unspecified atom stereocenters. The number of hydrogen-bond donors (Lipinski definition) is 1. The molecule has 4 aliphatic rings. The zero-order valence-corrected chi connectivity index (χ0v) is 18.0. The lowest BCUT2D eigenvalue weighted by atomic mass is 9.82. The number of carbonyl (C=O) groups is 2. The standard InChI is InChI=1S/C23H33N3O4/c1-25(2)23(28)22(27)24-19-11-12-26-13-14-29-21-6-4-3-5-18(21)16-7-9-17(10-8-16)30-15-20(19)26/h3-6,16-17,19-20H,7-15H2,1-2H3,(H,24,27)/t16?,17?,19-,20-/m0/s1. The maximum Gasteiger partial charge on any atom is 0.311 e. The molecule has 0 aromatic heterocycles. The lowest BCUT2D eigenvalue weighted by Crippen LogP contribution is -2.51. The Hall–Kier alpha value is -2.12. The fourth-order valence-corrected chi connectivity index (χ4v) is 5.02. The Morgan fingerprint density at radius 1 is 1.07 bits per heavy atom. The first-order valence-corrected chi connectivity index (χ1v) is 11.1. The van der Waals surface area contributed by atoms with Crippen molar-refractivity contribution < 1.29 is 19.1 Å². The molecule has 5 rings (SSSR count). The van der Waals surface area contributed by atoms with Crippen LogP contribution in [-0.2, 0) is 14.3 Å². The van der Waals surface area contributed by atoms with Gasteiger partial charge >= 0.3 is 11.8 Å². The van der Waals surface area contributed by atoms with Gasteiger partial charge in [-0.3, -0.25) is 14.5 Å². The maximum absolute atomic E-state index is 12.3. The molecule has 7 nitrogen and oxygen atoms in total. The van der Waals surface area contributed by atoms with E-state index in [0.29, 0.717) is 19.1 Å². The van der Waals surface area contributed by atoms with Crippen molar-refractivity contribution in [2.45, 2.75) is 56.2 Å². The molecule has 1 saturated heterocycles. The van der Waals surface area contributed by atoms with E-state index in [1.54, 1.807) is 14.1 Å². The summed E-state index contributed by atoms with van der Waals surface area (Å²) in [5.74, 6) is 0.474. The molecular weight excluding hydrogens is 382 g/mol. The van der Waals surface area contributed by atoms with Crippen LogP contribution < -0.4 is 10.1 Å². The van der Waals surface area contributed by atoms with Crippen LogP contribution >= 0.6 is 0 Å². The fraction of sp³-hybridized carbons (Fsp3) is 0.652. The number of ether oxygens (including phenoxy) is 2. The number of amides is 2. The average Bonchev–Trinajstić information content (AvgIpc) is 3.13. The topological polar surface area (TPSA) is 71.1 Å². The molecule has 2 atom stereocenters. The Labute approximate surface area is 178 Å². The predicted octanol–water partition coefficient (Wildman–Crippen LogP) is 1.77. The van der Waals surface area contributed by atoms with Gasteiger partial charge < -0.3 is 19.7 Å². The summed E-state index contributed by atoms with van der Waals surface area (Å²) in [6, 6.07) is 8.39. The van der Waals surface area contributed by atoms with Crippen molar-refractivity contribution in [2.24, 2.45) is 0 Å². The average molecular weight is 416 g/mol. The highest BCUT2D eigenvalue weighted by Crippen LogP contribution is 2.38. The number of likely N-dealkylation sites (N-methyl/N-ethyl adjacent to an activating group) is 1. The number of para-hydroxylation sites is 1. The van der Waals surface area contributed by atoms with E-state index >= 15 is 0 Å². The summed E-state index contributed by atoms with van der Waals surface area (Å²) in [7, 11) is 3.19. The summed E-state index contributed by atoms with van der Waals surface area (Å²) in [6.45, 7) is 2.80. The van der Waals surface area contributed by atoms with Crippen molar-refractivity contribution in [3.8, 4) is 5.75 Å². The van der Waals surface area contributed by atoms with Crippen LogP contribution in [0.4, 0.5) is 0 Å². The summed E-state index contributed by atoms with van der Waals surface area (Å²) in [4.78, 5) is 28.0. The van der Waals surface area contributed by atoms with Gasteiger partial charge in [0.2, 0.25) is 0 Å². The highest BCUT2D eigenvalue weighted by molar-refractivity contribution is 6.34. The van der Waals surface area contributed by atoms with E-state index in [0.717, 1.165) is 50.9 Å². The van der Waals surface area contributed by atoms with Crippen LogP contribution in [0.1, 0.15) is 43.6 Å². The fourth-order valence-electron chi connectivity index (χ4n) is 5.02. The smallest absolute Gasteiger partial charge is 0.311 e. The highest BCUT2D eigenvalue weighted by Gasteiger charge is 2.37. The Kier molecular flexibility index (Phi) is 6.58. The minimum absolute atomic E-state index is 0.0567. The van der Waals surface area contributed by atoms with E-state index in [1.165, 1.54) is 10.5 Å². The summed E-state index contributed by atoms with van der Waals surface area (Å²) < 4.78 is 12.5. The lowest BCUT2D eigenvalue weighted by Gasteiger charge is -2.32. The van der Waals surface area contributed by atoms with Gasteiger partial charge in [-0.25, -0.2) is 0 Å². The van der Waals surface area contributed by atoms with Gasteiger partial charge in [0.15, 0.2) is 0 Å². The second kappa shape index (κ2) is 9.35. The van der Waals surface area contributed by atoms with Crippen molar-refractivity contribution in [2.75, 3.05) is 40.4 Å². The zero-order chi connectivity index (χ0) is 21.1. The first-order valence-electron chi connectivity index (χ1n) is 11.1. The van der Waals surface area contributed by atoms with Gasteiger partial charge in [-0.2, -0.15) is 0 Å². The Bertz CT molecular complexity index is 761. The molecule has 0 spiro atoms. The molecule has 1 N–H and O–H groups in total. The van der Waals surface area contributed by atoms with E-state index in [2.05, 4.69) is 28.4 Å². The number of benzene rings is 1. The minimum atomic E-state index is -0.541. The second-order valence-corrected chi connectivity index (χ2v) is 8.86. The largest absolute Gasteiger partial charge is 0.492 e. The zero-order valence-electron chi connectivity index (χ0n) is 18.0. The second-order valence-electron chi connectivity index (χ2n) is 8.86. The molecule has 1 aromatic carbocycles. The van der Waals surface area contributed by atoms with Gasteiger partial charge in [-0.05, 0) is 49.7 Å². The molecule has 1 aromatic rings. The van der Waals surface area contributed by atoms with Gasteiger partial charge in [0.25, 0.3) is 0 Å². The van der Waals surface area contributed by atoms with E-state index in [1.807, 2.05) is 6.07 Å². The van der Waals surface area contributed by atoms with Gasteiger partial charge in [0.1, 0.15) is 12.4 Å². The van der Waals surface area contributed by atoms with Gasteiger partial charge in [-0.1, -0.05) is 18.2 Å². The predicted molar refractivity (Wildman–Crippen MR) is 113 cm³/mol. The Morgan fingerprint density at radius 3 is 2.60 bits per heavy atom. The first kappa shape index (κ1) is 21.1. The highest BCUT2D eigenvalue weighted by atomic mass is 16.5. The van der Waals surface area contributed by atoms with Gasteiger partial charge in [0, 0.05) is 33.2 Å². The van der Waals surface area contributed by atoms with E-state index in [4.69, 9.17) is 9.47 Å². The minimum Gasteiger partial charge on any atom is -0.492 e. The van der Waals surface area contributed by atoms with Crippen LogP contribution in [-0.4, -0.2) is 80.2 Å². The molecule has 2 amide bonds. The molecule has 0 radical (unpaired) electrons. The van der Waals surface area contributed by atoms with Crippen LogP contribution in [0.5, 0.6) is 5.75 Å². The summed E-state index contributed by atoms with van der Waals surface area (Å²) in [6.07, 6.45) is 5.37. The Balaban J connectivity index is 1.48. The van der Waals surface area contributed by atoms with Crippen LogP contribution in [0.3, 0.4) is 0 Å². The number of carbonyl (C=O) groups excluding carboxylic acids is 2. The SMILES string of the molecule is CN(C)C(=O)C(=O)N[C@H]1CCN2CCOc3ccccc3C3CCC(CC3)OC[C@@H]12. The van der Waals surface area contributed by atoms with E-state index in [9.17, 15) is 9.59 Å². The number of rotatable bonds is 1. The van der Waals surface area contributed by atoms with Crippen molar-refractivity contribution in [1.29, 1.82) is 0 Å². The monoisotopic (exact) mass is 415 g/mol. The first-order chi connectivity index (χ1) is 14.5. The van der Waals surface area contributed by atoms with Crippen LogP contribution in [0, 0.1) is 0 Å². The number of nitrogens with zero attached hydrogens (tertiary/aromatic N) is 2. The molecule has 2 bridgehead atoms. The maximum atomic E-state index is 12.3. The normalized spacial score (nSPS) is 29.4. The van der Waals surface area contributed by atoms with E-state index < -0.39 is 11.8 Å². The molecular formula is C23H33N3O4. The number of fused-ring (bicyclic) bond motifs is 5. The van der Waals surface area contributed by atoms with Crippen LogP contribution in [0.2, 0.25) is 0 Å². The summed E-state index contributed by atoms with van der Waals surface area (Å²) in [5.41, 5.74) is 1.32. The van der Waals surface area contributed by atoms with Crippen molar-refractivity contribution in [3.63, 3.8) is 0 Å². The third-order valence-corrected chi connectivity index (χ3v) is 6.75. The molecule has 2 fully saturated rings. The molecule has 3 heterocycles. The number of nitrogens with one attached hydrogen (secondary N) is 1. The Morgan fingerprint density at radius 2 is 1.83 bits per heavy atom.